The molecular weight excluding hydrogens is 396 g/mol. The normalized spacial score (nSPS) is 15.6. The van der Waals surface area contributed by atoms with E-state index in [9.17, 15) is 13.2 Å². The lowest BCUT2D eigenvalue weighted by atomic mass is 10.2. The van der Waals surface area contributed by atoms with Crippen LogP contribution < -0.4 is 5.32 Å². The lowest BCUT2D eigenvalue weighted by molar-refractivity contribution is 0.172. The maximum absolute atomic E-state index is 12.6. The van der Waals surface area contributed by atoms with Crippen molar-refractivity contribution in [2.45, 2.75) is 37.5 Å². The summed E-state index contributed by atoms with van der Waals surface area (Å²) in [5.41, 5.74) is 0. The molecule has 0 unspecified atom stereocenters. The molecule has 2 aromatic heterocycles. The minimum atomic E-state index is -3.58. The average molecular weight is 423 g/mol. The molecule has 2 amide bonds. The number of pyridine rings is 1. The fourth-order valence-corrected chi connectivity index (χ4v) is 4.32. The van der Waals surface area contributed by atoms with Crippen LogP contribution in [-0.2, 0) is 16.4 Å². The SMILES string of the molecule is CC(C)c1noc(CCCNC(=O)N2CCN(S(=O)(=O)c3cccnc3)CC2)n1. The molecule has 0 aliphatic carbocycles. The number of urea groups is 1. The topological polar surface area (TPSA) is 122 Å². The standard InChI is InChI=1S/C18H26N6O4S/c1-14(2)17-21-16(28-22-17)6-4-8-20-18(25)23-9-11-24(12-10-23)29(26,27)15-5-3-7-19-13-15/h3,5,7,13-14H,4,6,8-12H2,1-2H3,(H,20,25). The van der Waals surface area contributed by atoms with Crippen molar-refractivity contribution in [1.29, 1.82) is 0 Å². The number of aromatic nitrogens is 3. The monoisotopic (exact) mass is 422 g/mol. The Balaban J connectivity index is 1.41. The maximum Gasteiger partial charge on any atom is 0.317 e. The summed E-state index contributed by atoms with van der Waals surface area (Å²) in [5.74, 6) is 1.47. The van der Waals surface area contributed by atoms with Gasteiger partial charge in [0.25, 0.3) is 0 Å². The zero-order chi connectivity index (χ0) is 20.9. The third kappa shape index (κ3) is 5.30. The quantitative estimate of drug-likeness (QED) is 0.666. The molecule has 2 aromatic rings. The van der Waals surface area contributed by atoms with Gasteiger partial charge in [-0.15, -0.1) is 0 Å². The molecule has 3 rings (SSSR count). The molecule has 0 spiro atoms. The number of rotatable bonds is 7. The number of hydrogen-bond donors (Lipinski definition) is 1. The largest absolute Gasteiger partial charge is 0.339 e. The Bertz CT molecular complexity index is 907. The van der Waals surface area contributed by atoms with Crippen LogP contribution in [0.3, 0.4) is 0 Å². The molecule has 0 radical (unpaired) electrons. The molecule has 0 aromatic carbocycles. The van der Waals surface area contributed by atoms with Gasteiger partial charge in [-0.05, 0) is 18.6 Å². The van der Waals surface area contributed by atoms with E-state index in [1.54, 1.807) is 11.0 Å². The fourth-order valence-electron chi connectivity index (χ4n) is 2.93. The number of amides is 2. The maximum atomic E-state index is 12.6. The van der Waals surface area contributed by atoms with E-state index in [1.165, 1.54) is 22.8 Å². The van der Waals surface area contributed by atoms with Crippen LogP contribution in [0.5, 0.6) is 0 Å². The van der Waals surface area contributed by atoms with Crippen molar-refractivity contribution in [2.75, 3.05) is 32.7 Å². The number of nitrogens with one attached hydrogen (secondary N) is 1. The Morgan fingerprint density at radius 3 is 2.66 bits per heavy atom. The van der Waals surface area contributed by atoms with Crippen molar-refractivity contribution in [3.05, 3.63) is 36.2 Å². The second kappa shape index (κ2) is 9.31. The number of piperazine rings is 1. The van der Waals surface area contributed by atoms with Crippen molar-refractivity contribution in [1.82, 2.24) is 29.6 Å². The predicted molar refractivity (Wildman–Crippen MR) is 105 cm³/mol. The van der Waals surface area contributed by atoms with Gasteiger partial charge < -0.3 is 14.7 Å². The highest BCUT2D eigenvalue weighted by atomic mass is 32.2. The highest BCUT2D eigenvalue weighted by molar-refractivity contribution is 7.89. The van der Waals surface area contributed by atoms with Gasteiger partial charge in [0, 0.05) is 57.5 Å². The molecule has 1 N–H and O–H groups in total. The van der Waals surface area contributed by atoms with Gasteiger partial charge in [0.1, 0.15) is 4.90 Å². The first-order chi connectivity index (χ1) is 13.9. The molecule has 1 aliphatic heterocycles. The molecule has 0 atom stereocenters. The molecule has 10 nitrogen and oxygen atoms in total. The Morgan fingerprint density at radius 1 is 1.28 bits per heavy atom. The summed E-state index contributed by atoms with van der Waals surface area (Å²) in [6, 6.07) is 2.92. The van der Waals surface area contributed by atoms with Crippen molar-refractivity contribution < 1.29 is 17.7 Å². The number of sulfonamides is 1. The summed E-state index contributed by atoms with van der Waals surface area (Å²) in [7, 11) is -3.58. The van der Waals surface area contributed by atoms with E-state index in [0.29, 0.717) is 44.2 Å². The van der Waals surface area contributed by atoms with E-state index >= 15 is 0 Å². The molecule has 3 heterocycles. The second-order valence-electron chi connectivity index (χ2n) is 7.12. The Labute approximate surface area is 170 Å². The van der Waals surface area contributed by atoms with Gasteiger partial charge in [-0.3, -0.25) is 4.98 Å². The molecule has 1 aliphatic rings. The lowest BCUT2D eigenvalue weighted by Crippen LogP contribution is -2.53. The van der Waals surface area contributed by atoms with Crippen molar-refractivity contribution >= 4 is 16.1 Å². The number of aryl methyl sites for hydroxylation is 1. The molecule has 29 heavy (non-hydrogen) atoms. The van der Waals surface area contributed by atoms with Crippen LogP contribution in [0.25, 0.3) is 0 Å². The van der Waals surface area contributed by atoms with Crippen LogP contribution in [0.2, 0.25) is 0 Å². The highest BCUT2D eigenvalue weighted by Gasteiger charge is 2.30. The second-order valence-corrected chi connectivity index (χ2v) is 9.05. The smallest absolute Gasteiger partial charge is 0.317 e. The first kappa shape index (κ1) is 21.2. The summed E-state index contributed by atoms with van der Waals surface area (Å²) in [6.07, 6.45) is 4.14. The Hall–Kier alpha value is -2.53. The van der Waals surface area contributed by atoms with Gasteiger partial charge in [-0.2, -0.15) is 9.29 Å². The summed E-state index contributed by atoms with van der Waals surface area (Å²) >= 11 is 0. The van der Waals surface area contributed by atoms with Gasteiger partial charge in [-0.25, -0.2) is 13.2 Å². The van der Waals surface area contributed by atoms with Crippen molar-refractivity contribution in [3.63, 3.8) is 0 Å². The van der Waals surface area contributed by atoms with E-state index in [2.05, 4.69) is 20.4 Å². The van der Waals surface area contributed by atoms with Gasteiger partial charge >= 0.3 is 6.03 Å². The minimum Gasteiger partial charge on any atom is -0.339 e. The summed E-state index contributed by atoms with van der Waals surface area (Å²) < 4.78 is 31.8. The molecule has 1 saturated heterocycles. The summed E-state index contributed by atoms with van der Waals surface area (Å²) in [6.45, 7) is 5.66. The van der Waals surface area contributed by atoms with E-state index in [-0.39, 0.29) is 29.9 Å². The zero-order valence-corrected chi connectivity index (χ0v) is 17.4. The number of carbonyl (C=O) groups excluding carboxylic acids is 1. The zero-order valence-electron chi connectivity index (χ0n) is 16.6. The molecule has 11 heteroatoms. The van der Waals surface area contributed by atoms with Crippen LogP contribution in [0, 0.1) is 0 Å². The molecule has 0 bridgehead atoms. The lowest BCUT2D eigenvalue weighted by Gasteiger charge is -2.33. The first-order valence-corrected chi connectivity index (χ1v) is 11.1. The third-order valence-corrected chi connectivity index (χ3v) is 6.52. The van der Waals surface area contributed by atoms with Crippen LogP contribution in [0.4, 0.5) is 4.79 Å². The van der Waals surface area contributed by atoms with Gasteiger partial charge in [0.05, 0.1) is 0 Å². The number of nitrogens with zero attached hydrogens (tertiary/aromatic N) is 5. The third-order valence-electron chi connectivity index (χ3n) is 4.64. The van der Waals surface area contributed by atoms with Crippen LogP contribution in [-0.4, -0.2) is 71.5 Å². The predicted octanol–water partition coefficient (Wildman–Crippen LogP) is 1.24. The molecule has 1 fully saturated rings. The number of hydrogen-bond acceptors (Lipinski definition) is 7. The first-order valence-electron chi connectivity index (χ1n) is 9.63. The summed E-state index contributed by atoms with van der Waals surface area (Å²) in [5, 5.41) is 6.77. The molecule has 0 saturated carbocycles. The van der Waals surface area contributed by atoms with E-state index in [1.807, 2.05) is 13.8 Å². The highest BCUT2D eigenvalue weighted by Crippen LogP contribution is 2.16. The van der Waals surface area contributed by atoms with Crippen LogP contribution >= 0.6 is 0 Å². The van der Waals surface area contributed by atoms with Crippen molar-refractivity contribution in [3.8, 4) is 0 Å². The van der Waals surface area contributed by atoms with Crippen LogP contribution in [0.1, 0.15) is 37.9 Å². The molecule has 158 valence electrons. The minimum absolute atomic E-state index is 0.166. The van der Waals surface area contributed by atoms with E-state index in [0.717, 1.165) is 0 Å². The van der Waals surface area contributed by atoms with Gasteiger partial charge in [-0.1, -0.05) is 19.0 Å². The Morgan fingerprint density at radius 2 is 2.03 bits per heavy atom. The van der Waals surface area contributed by atoms with E-state index < -0.39 is 10.0 Å². The summed E-state index contributed by atoms with van der Waals surface area (Å²) in [4.78, 5) is 22.3. The van der Waals surface area contributed by atoms with E-state index in [4.69, 9.17) is 4.52 Å². The fraction of sp³-hybridized carbons (Fsp3) is 0.556. The Kier molecular flexibility index (Phi) is 6.80. The molecular formula is C18H26N6O4S. The van der Waals surface area contributed by atoms with Gasteiger partial charge in [0.15, 0.2) is 5.82 Å². The number of carbonyl (C=O) groups is 1. The van der Waals surface area contributed by atoms with Crippen molar-refractivity contribution in [2.24, 2.45) is 0 Å². The van der Waals surface area contributed by atoms with Gasteiger partial charge in [0.2, 0.25) is 15.9 Å². The average Bonchev–Trinajstić information content (AvgIpc) is 3.21. The van der Waals surface area contributed by atoms with Crippen LogP contribution in [0.15, 0.2) is 33.9 Å².